The molecule has 0 saturated heterocycles. The predicted molar refractivity (Wildman–Crippen MR) is 94.5 cm³/mol. The number of hydrogen-bond acceptors (Lipinski definition) is 2. The van der Waals surface area contributed by atoms with Crippen LogP contribution >= 0.6 is 0 Å². The molecule has 3 rings (SSSR count). The maximum absolute atomic E-state index is 12.1. The second kappa shape index (κ2) is 6.49. The van der Waals surface area contributed by atoms with Crippen molar-refractivity contribution in [3.05, 3.63) is 83.4 Å². The molecule has 0 spiro atoms. The summed E-state index contributed by atoms with van der Waals surface area (Å²) < 4.78 is 5.43. The number of ether oxygens (including phenoxy) is 1. The Morgan fingerprint density at radius 2 is 1.74 bits per heavy atom. The molecule has 3 aromatic carbocycles. The number of aryl methyl sites for hydroxylation is 2. The van der Waals surface area contributed by atoms with Crippen LogP contribution in [-0.2, 0) is 4.79 Å². The second-order valence-electron chi connectivity index (χ2n) is 5.59. The smallest absolute Gasteiger partial charge is 0.336 e. The van der Waals surface area contributed by atoms with Crippen LogP contribution in [0.5, 0.6) is 5.75 Å². The number of carbonyl (C=O) groups is 1. The number of esters is 1. The van der Waals surface area contributed by atoms with Crippen molar-refractivity contribution in [1.29, 1.82) is 0 Å². The summed E-state index contributed by atoms with van der Waals surface area (Å²) in [6.45, 7) is 3.90. The first-order valence-electron chi connectivity index (χ1n) is 7.58. The molecule has 0 aliphatic rings. The number of rotatable bonds is 3. The Balaban J connectivity index is 1.82. The molecule has 0 aromatic heterocycles. The van der Waals surface area contributed by atoms with Gasteiger partial charge < -0.3 is 4.74 Å². The molecule has 0 aliphatic heterocycles. The predicted octanol–water partition coefficient (Wildman–Crippen LogP) is 5.08. The van der Waals surface area contributed by atoms with Gasteiger partial charge >= 0.3 is 5.97 Å². The van der Waals surface area contributed by atoms with Crippen LogP contribution in [0.15, 0.2) is 66.7 Å². The number of fused-ring (bicyclic) bond motifs is 1. The third-order valence-corrected chi connectivity index (χ3v) is 3.78. The largest absolute Gasteiger partial charge is 0.423 e. The third-order valence-electron chi connectivity index (χ3n) is 3.78. The SMILES string of the molecule is Cc1ccc(C)c(OC(=O)/C=C/c2cccc3ccccc23)c1. The van der Waals surface area contributed by atoms with E-state index in [0.717, 1.165) is 27.5 Å². The van der Waals surface area contributed by atoms with Crippen LogP contribution in [0.2, 0.25) is 0 Å². The average Bonchev–Trinajstić information content (AvgIpc) is 2.56. The van der Waals surface area contributed by atoms with E-state index in [1.54, 1.807) is 6.08 Å². The van der Waals surface area contributed by atoms with Crippen molar-refractivity contribution in [3.8, 4) is 5.75 Å². The molecule has 23 heavy (non-hydrogen) atoms. The van der Waals surface area contributed by atoms with Crippen LogP contribution in [0.3, 0.4) is 0 Å². The minimum atomic E-state index is -0.369. The highest BCUT2D eigenvalue weighted by atomic mass is 16.5. The highest BCUT2D eigenvalue weighted by Crippen LogP contribution is 2.21. The molecule has 0 amide bonds. The highest BCUT2D eigenvalue weighted by molar-refractivity contribution is 5.95. The molecule has 114 valence electrons. The molecule has 2 nitrogen and oxygen atoms in total. The van der Waals surface area contributed by atoms with Gasteiger partial charge in [-0.3, -0.25) is 0 Å². The minimum Gasteiger partial charge on any atom is -0.423 e. The standard InChI is InChI=1S/C21H18O2/c1-15-10-11-16(2)20(14-15)23-21(22)13-12-18-8-5-7-17-6-3-4-9-19(17)18/h3-14H,1-2H3/b13-12+. The maximum atomic E-state index is 12.1. The van der Waals surface area contributed by atoms with E-state index in [0.29, 0.717) is 5.75 Å². The van der Waals surface area contributed by atoms with Crippen molar-refractivity contribution in [3.63, 3.8) is 0 Å². The molecular formula is C21H18O2. The molecule has 0 atom stereocenters. The van der Waals surface area contributed by atoms with E-state index < -0.39 is 0 Å². The lowest BCUT2D eigenvalue weighted by Crippen LogP contribution is -2.05. The quantitative estimate of drug-likeness (QED) is 0.383. The molecule has 0 radical (unpaired) electrons. The van der Waals surface area contributed by atoms with Crippen molar-refractivity contribution in [1.82, 2.24) is 0 Å². The van der Waals surface area contributed by atoms with Gasteiger partial charge in [-0.1, -0.05) is 54.6 Å². The molecular weight excluding hydrogens is 284 g/mol. The minimum absolute atomic E-state index is 0.369. The van der Waals surface area contributed by atoms with Crippen molar-refractivity contribution in [2.75, 3.05) is 0 Å². The summed E-state index contributed by atoms with van der Waals surface area (Å²) in [5.41, 5.74) is 3.01. The number of hydrogen-bond donors (Lipinski definition) is 0. The fourth-order valence-electron chi connectivity index (χ4n) is 2.51. The van der Waals surface area contributed by atoms with Gasteiger partial charge in [0.1, 0.15) is 5.75 Å². The third kappa shape index (κ3) is 3.49. The van der Waals surface area contributed by atoms with E-state index in [1.807, 2.05) is 62.4 Å². The Labute approximate surface area is 136 Å². The summed E-state index contributed by atoms with van der Waals surface area (Å²) in [5.74, 6) is 0.240. The first kappa shape index (κ1) is 15.0. The summed E-state index contributed by atoms with van der Waals surface area (Å²) in [4.78, 5) is 12.1. The van der Waals surface area contributed by atoms with Gasteiger partial charge in [-0.25, -0.2) is 4.79 Å². The topological polar surface area (TPSA) is 26.3 Å². The Kier molecular flexibility index (Phi) is 4.24. The summed E-state index contributed by atoms with van der Waals surface area (Å²) >= 11 is 0. The average molecular weight is 302 g/mol. The van der Waals surface area contributed by atoms with Gasteiger partial charge in [-0.2, -0.15) is 0 Å². The zero-order valence-electron chi connectivity index (χ0n) is 13.2. The van der Waals surface area contributed by atoms with Gasteiger partial charge in [0, 0.05) is 6.08 Å². The maximum Gasteiger partial charge on any atom is 0.336 e. The van der Waals surface area contributed by atoms with Crippen molar-refractivity contribution < 1.29 is 9.53 Å². The molecule has 3 aromatic rings. The van der Waals surface area contributed by atoms with Crippen LogP contribution in [0, 0.1) is 13.8 Å². The molecule has 0 fully saturated rings. The Hall–Kier alpha value is -2.87. The van der Waals surface area contributed by atoms with Gasteiger partial charge in [-0.15, -0.1) is 0 Å². The van der Waals surface area contributed by atoms with E-state index in [2.05, 4.69) is 12.1 Å². The second-order valence-corrected chi connectivity index (χ2v) is 5.59. The van der Waals surface area contributed by atoms with Gasteiger partial charge in [0.25, 0.3) is 0 Å². The van der Waals surface area contributed by atoms with Gasteiger partial charge in [-0.05, 0) is 53.5 Å². The van der Waals surface area contributed by atoms with Gasteiger partial charge in [0.2, 0.25) is 0 Å². The van der Waals surface area contributed by atoms with Gasteiger partial charge in [0.15, 0.2) is 0 Å². The monoisotopic (exact) mass is 302 g/mol. The van der Waals surface area contributed by atoms with Crippen LogP contribution in [-0.4, -0.2) is 5.97 Å². The Morgan fingerprint density at radius 3 is 2.61 bits per heavy atom. The van der Waals surface area contributed by atoms with E-state index in [1.165, 1.54) is 6.08 Å². The number of carbonyl (C=O) groups excluding carboxylic acids is 1. The zero-order chi connectivity index (χ0) is 16.2. The summed E-state index contributed by atoms with van der Waals surface area (Å²) in [5, 5.41) is 2.27. The first-order valence-corrected chi connectivity index (χ1v) is 7.58. The normalized spacial score (nSPS) is 11.0. The lowest BCUT2D eigenvalue weighted by molar-refractivity contribution is -0.128. The molecule has 0 aliphatic carbocycles. The summed E-state index contributed by atoms with van der Waals surface area (Å²) in [6.07, 6.45) is 3.28. The fourth-order valence-corrected chi connectivity index (χ4v) is 2.51. The van der Waals surface area contributed by atoms with Gasteiger partial charge in [0.05, 0.1) is 0 Å². The zero-order valence-corrected chi connectivity index (χ0v) is 13.2. The van der Waals surface area contributed by atoms with Crippen molar-refractivity contribution in [2.24, 2.45) is 0 Å². The Morgan fingerprint density at radius 1 is 0.957 bits per heavy atom. The summed E-state index contributed by atoms with van der Waals surface area (Å²) in [6, 6.07) is 20.0. The Bertz CT molecular complexity index is 886. The fraction of sp³-hybridized carbons (Fsp3) is 0.0952. The van der Waals surface area contributed by atoms with E-state index in [-0.39, 0.29) is 5.97 Å². The molecule has 0 N–H and O–H groups in total. The molecule has 0 saturated carbocycles. The lowest BCUT2D eigenvalue weighted by Gasteiger charge is -2.06. The number of benzene rings is 3. The van der Waals surface area contributed by atoms with Crippen LogP contribution in [0.1, 0.15) is 16.7 Å². The lowest BCUT2D eigenvalue weighted by atomic mass is 10.0. The first-order chi connectivity index (χ1) is 11.1. The van der Waals surface area contributed by atoms with E-state index in [4.69, 9.17) is 4.74 Å². The molecule has 0 bridgehead atoms. The van der Waals surface area contributed by atoms with Crippen molar-refractivity contribution in [2.45, 2.75) is 13.8 Å². The van der Waals surface area contributed by atoms with Crippen LogP contribution < -0.4 is 4.74 Å². The summed E-state index contributed by atoms with van der Waals surface area (Å²) in [7, 11) is 0. The van der Waals surface area contributed by atoms with Crippen LogP contribution in [0.4, 0.5) is 0 Å². The van der Waals surface area contributed by atoms with E-state index in [9.17, 15) is 4.79 Å². The van der Waals surface area contributed by atoms with Crippen molar-refractivity contribution >= 4 is 22.8 Å². The highest BCUT2D eigenvalue weighted by Gasteiger charge is 2.05. The molecule has 0 unspecified atom stereocenters. The molecule has 2 heteroatoms. The van der Waals surface area contributed by atoms with Crippen LogP contribution in [0.25, 0.3) is 16.8 Å². The van der Waals surface area contributed by atoms with E-state index >= 15 is 0 Å². The molecule has 0 heterocycles.